The summed E-state index contributed by atoms with van der Waals surface area (Å²) in [5.74, 6) is -1.34. The van der Waals surface area contributed by atoms with E-state index < -0.39 is 23.6 Å². The van der Waals surface area contributed by atoms with E-state index in [-0.39, 0.29) is 10.7 Å². The van der Waals surface area contributed by atoms with Crippen molar-refractivity contribution in [1.82, 2.24) is 9.47 Å². The molecule has 186 valence electrons. The Morgan fingerprint density at radius 2 is 1.81 bits per heavy atom. The van der Waals surface area contributed by atoms with Gasteiger partial charge in [0.15, 0.2) is 0 Å². The second kappa shape index (κ2) is 10.2. The lowest BCUT2D eigenvalue weighted by Crippen LogP contribution is -2.36. The van der Waals surface area contributed by atoms with Gasteiger partial charge in [-0.05, 0) is 55.1 Å². The maximum absolute atomic E-state index is 14.4. The molecule has 1 aliphatic rings. The van der Waals surface area contributed by atoms with Crippen LogP contribution in [0.3, 0.4) is 0 Å². The molecular formula is C28H21ClFN3O3S. The Labute approximate surface area is 221 Å². The van der Waals surface area contributed by atoms with E-state index in [1.807, 2.05) is 35.8 Å². The number of rotatable bonds is 6. The van der Waals surface area contributed by atoms with E-state index >= 15 is 0 Å². The Kier molecular flexibility index (Phi) is 6.86. The van der Waals surface area contributed by atoms with Crippen LogP contribution in [0.5, 0.6) is 0 Å². The topological polar surface area (TPSA) is 71.4 Å². The van der Waals surface area contributed by atoms with Crippen molar-refractivity contribution in [1.29, 1.82) is 0 Å². The van der Waals surface area contributed by atoms with Crippen molar-refractivity contribution in [3.63, 3.8) is 0 Å². The molecule has 37 heavy (non-hydrogen) atoms. The first-order valence-electron chi connectivity index (χ1n) is 11.4. The molecule has 5 rings (SSSR count). The standard InChI is InChI=1S/C28H21ClFN3O3S/c1-17-22(21-10-3-5-12-24(21)32(17)15-18-7-2-4-11-23(18)30)14-25-27(35)33(28(36)37-25)16-26(34)31-20-9-6-8-19(29)13-20/h2-14H,15-16H2,1H3,(H,31,34)/b25-14-. The number of anilines is 1. The number of thioether (sulfide) groups is 1. The van der Waals surface area contributed by atoms with Gasteiger partial charge in [-0.25, -0.2) is 4.39 Å². The molecule has 0 saturated carbocycles. The average Bonchev–Trinajstić information content (AvgIpc) is 3.28. The number of benzene rings is 3. The Morgan fingerprint density at radius 1 is 1.05 bits per heavy atom. The lowest BCUT2D eigenvalue weighted by Gasteiger charge is -2.12. The van der Waals surface area contributed by atoms with Gasteiger partial charge in [-0.2, -0.15) is 0 Å². The molecule has 1 saturated heterocycles. The van der Waals surface area contributed by atoms with Gasteiger partial charge in [0, 0.05) is 38.4 Å². The molecule has 4 aromatic rings. The van der Waals surface area contributed by atoms with Crippen molar-refractivity contribution in [2.24, 2.45) is 0 Å². The van der Waals surface area contributed by atoms with E-state index in [9.17, 15) is 18.8 Å². The summed E-state index contributed by atoms with van der Waals surface area (Å²) in [6.07, 6.45) is 1.68. The molecule has 0 radical (unpaired) electrons. The summed E-state index contributed by atoms with van der Waals surface area (Å²) in [5, 5.41) is 3.46. The van der Waals surface area contributed by atoms with E-state index in [0.29, 0.717) is 22.8 Å². The Balaban J connectivity index is 1.42. The molecule has 1 N–H and O–H groups in total. The number of carbonyl (C=O) groups is 3. The number of halogens is 2. The molecule has 0 unspecified atom stereocenters. The van der Waals surface area contributed by atoms with Crippen LogP contribution in [-0.2, 0) is 16.1 Å². The van der Waals surface area contributed by atoms with E-state index in [1.54, 1.807) is 48.5 Å². The van der Waals surface area contributed by atoms with Gasteiger partial charge in [0.1, 0.15) is 12.4 Å². The summed E-state index contributed by atoms with van der Waals surface area (Å²) in [7, 11) is 0. The van der Waals surface area contributed by atoms with Crippen molar-refractivity contribution in [2.45, 2.75) is 13.5 Å². The number of hydrogen-bond donors (Lipinski definition) is 1. The first-order chi connectivity index (χ1) is 17.8. The lowest BCUT2D eigenvalue weighted by atomic mass is 10.1. The van der Waals surface area contributed by atoms with Gasteiger partial charge in [0.2, 0.25) is 5.91 Å². The van der Waals surface area contributed by atoms with Gasteiger partial charge in [-0.3, -0.25) is 19.3 Å². The molecule has 1 fully saturated rings. The van der Waals surface area contributed by atoms with Crippen LogP contribution in [0.4, 0.5) is 14.9 Å². The second-order valence-electron chi connectivity index (χ2n) is 8.52. The molecule has 0 aliphatic carbocycles. The summed E-state index contributed by atoms with van der Waals surface area (Å²) in [4.78, 5) is 39.4. The summed E-state index contributed by atoms with van der Waals surface area (Å²) < 4.78 is 16.4. The van der Waals surface area contributed by atoms with Gasteiger partial charge in [-0.15, -0.1) is 0 Å². The minimum Gasteiger partial charge on any atom is -0.340 e. The zero-order chi connectivity index (χ0) is 26.1. The SMILES string of the molecule is Cc1c(/C=C2\SC(=O)N(CC(=O)Nc3cccc(Cl)c3)C2=O)c2ccccc2n1Cc1ccccc1F. The highest BCUT2D eigenvalue weighted by Crippen LogP contribution is 2.36. The van der Waals surface area contributed by atoms with Gasteiger partial charge in [0.05, 0.1) is 11.4 Å². The molecule has 9 heteroatoms. The van der Waals surface area contributed by atoms with Crippen molar-refractivity contribution < 1.29 is 18.8 Å². The fourth-order valence-electron chi connectivity index (χ4n) is 4.32. The van der Waals surface area contributed by atoms with Crippen LogP contribution in [0, 0.1) is 12.7 Å². The molecule has 0 atom stereocenters. The third-order valence-corrected chi connectivity index (χ3v) is 7.27. The van der Waals surface area contributed by atoms with Gasteiger partial charge in [0.25, 0.3) is 11.1 Å². The van der Waals surface area contributed by atoms with Crippen LogP contribution < -0.4 is 5.32 Å². The molecule has 1 aromatic heterocycles. The zero-order valence-electron chi connectivity index (χ0n) is 19.7. The third-order valence-electron chi connectivity index (χ3n) is 6.13. The Bertz CT molecular complexity index is 1600. The van der Waals surface area contributed by atoms with Gasteiger partial charge >= 0.3 is 0 Å². The summed E-state index contributed by atoms with van der Waals surface area (Å²) in [6, 6.07) is 20.9. The summed E-state index contributed by atoms with van der Waals surface area (Å²) >= 11 is 6.74. The van der Waals surface area contributed by atoms with Crippen LogP contribution >= 0.6 is 23.4 Å². The van der Waals surface area contributed by atoms with Crippen molar-refractivity contribution in [2.75, 3.05) is 11.9 Å². The monoisotopic (exact) mass is 533 g/mol. The van der Waals surface area contributed by atoms with E-state index in [4.69, 9.17) is 11.6 Å². The highest BCUT2D eigenvalue weighted by atomic mass is 35.5. The molecule has 3 amide bonds. The zero-order valence-corrected chi connectivity index (χ0v) is 21.3. The molecule has 2 heterocycles. The quantitative estimate of drug-likeness (QED) is 0.288. The third kappa shape index (κ3) is 5.03. The number of carbonyl (C=O) groups excluding carboxylic acids is 3. The van der Waals surface area contributed by atoms with Crippen molar-refractivity contribution in [3.05, 3.63) is 105 Å². The average molecular weight is 534 g/mol. The molecule has 3 aromatic carbocycles. The summed E-state index contributed by atoms with van der Waals surface area (Å²) in [6.45, 7) is 1.80. The Morgan fingerprint density at radius 3 is 2.59 bits per heavy atom. The van der Waals surface area contributed by atoms with E-state index in [2.05, 4.69) is 5.32 Å². The maximum atomic E-state index is 14.4. The minimum atomic E-state index is -0.540. The van der Waals surface area contributed by atoms with Crippen LogP contribution in [0.25, 0.3) is 17.0 Å². The van der Waals surface area contributed by atoms with Crippen LogP contribution in [0.2, 0.25) is 5.02 Å². The minimum absolute atomic E-state index is 0.220. The highest BCUT2D eigenvalue weighted by molar-refractivity contribution is 8.18. The fourth-order valence-corrected chi connectivity index (χ4v) is 5.33. The predicted molar refractivity (Wildman–Crippen MR) is 145 cm³/mol. The number of aromatic nitrogens is 1. The smallest absolute Gasteiger partial charge is 0.294 e. The molecule has 0 spiro atoms. The van der Waals surface area contributed by atoms with Crippen LogP contribution in [0.15, 0.2) is 77.7 Å². The second-order valence-corrected chi connectivity index (χ2v) is 9.95. The van der Waals surface area contributed by atoms with Crippen molar-refractivity contribution >= 4 is 63.1 Å². The van der Waals surface area contributed by atoms with Crippen molar-refractivity contribution in [3.8, 4) is 0 Å². The first-order valence-corrected chi connectivity index (χ1v) is 12.6. The molecule has 0 bridgehead atoms. The largest absolute Gasteiger partial charge is 0.340 e. The summed E-state index contributed by atoms with van der Waals surface area (Å²) in [5.41, 5.74) is 3.49. The number of hydrogen-bond acceptors (Lipinski definition) is 4. The normalized spacial score (nSPS) is 14.7. The number of fused-ring (bicyclic) bond motifs is 1. The van der Waals surface area contributed by atoms with E-state index in [0.717, 1.165) is 38.8 Å². The molecule has 6 nitrogen and oxygen atoms in total. The van der Waals surface area contributed by atoms with E-state index in [1.165, 1.54) is 6.07 Å². The molecular weight excluding hydrogens is 513 g/mol. The van der Waals surface area contributed by atoms with Crippen LogP contribution in [-0.4, -0.2) is 33.1 Å². The highest BCUT2D eigenvalue weighted by Gasteiger charge is 2.36. The van der Waals surface area contributed by atoms with Crippen LogP contribution in [0.1, 0.15) is 16.8 Å². The number of imide groups is 1. The number of para-hydroxylation sites is 1. The van der Waals surface area contributed by atoms with Gasteiger partial charge in [-0.1, -0.05) is 54.1 Å². The first kappa shape index (κ1) is 24.8. The fraction of sp³-hybridized carbons (Fsp3) is 0.107. The lowest BCUT2D eigenvalue weighted by molar-refractivity contribution is -0.127. The number of amides is 3. The van der Waals surface area contributed by atoms with Gasteiger partial charge < -0.3 is 9.88 Å². The Hall–Kier alpha value is -3.88. The maximum Gasteiger partial charge on any atom is 0.294 e. The molecule has 1 aliphatic heterocycles. The predicted octanol–water partition coefficient (Wildman–Crippen LogP) is 6.47. The number of nitrogens with zero attached hydrogens (tertiary/aromatic N) is 2. The number of nitrogens with one attached hydrogen (secondary N) is 1.